The van der Waals surface area contributed by atoms with Crippen LogP contribution in [-0.2, 0) is 0 Å². The fourth-order valence-corrected chi connectivity index (χ4v) is 2.81. The monoisotopic (exact) mass is 383 g/mol. The summed E-state index contributed by atoms with van der Waals surface area (Å²) >= 11 is 0. The third kappa shape index (κ3) is 4.06. The van der Waals surface area contributed by atoms with Crippen LogP contribution >= 0.6 is 0 Å². The number of carboxylic acid groups (broad SMARTS) is 1. The number of rotatable bonds is 6. The van der Waals surface area contributed by atoms with Crippen LogP contribution in [0.15, 0.2) is 89.6 Å². The first-order valence-corrected chi connectivity index (χ1v) is 8.84. The molecular weight excluding hydrogens is 368 g/mol. The van der Waals surface area contributed by atoms with Crippen molar-refractivity contribution in [1.29, 1.82) is 0 Å². The third-order valence-electron chi connectivity index (χ3n) is 4.31. The van der Waals surface area contributed by atoms with E-state index in [4.69, 9.17) is 4.42 Å². The smallest absolute Gasteiger partial charge is 0.185 e. The number of ketones is 1. The second-order valence-corrected chi connectivity index (χ2v) is 6.28. The number of aromatic carboxylic acids is 1. The molecule has 0 spiro atoms. The molecule has 0 saturated carbocycles. The number of benzene rings is 2. The molecule has 0 fully saturated rings. The molecular formula is C23H15N2O4-. The first kappa shape index (κ1) is 18.2. The number of hydrogen-bond donors (Lipinski definition) is 0. The fraction of sp³-hybridized carbons (Fsp3) is 0. The van der Waals surface area contributed by atoms with Crippen molar-refractivity contribution in [2.75, 3.05) is 0 Å². The standard InChI is InChI=1S/C23H16N2O4/c26-20(11-6-16-14-24-25(15-16)19-4-2-1-3-5-19)17-7-9-18(10-8-17)21-12-13-22(29-21)23(27)28/h1-15H,(H,27,28)/p-1/b11-6+. The molecule has 0 atom stereocenters. The number of aromatic nitrogens is 2. The van der Waals surface area contributed by atoms with Crippen LogP contribution in [0.1, 0.15) is 26.5 Å². The Bertz CT molecular complexity index is 1190. The van der Waals surface area contributed by atoms with E-state index in [0.717, 1.165) is 11.3 Å². The molecule has 142 valence electrons. The maximum atomic E-state index is 12.4. The van der Waals surface area contributed by atoms with Gasteiger partial charge in [-0.1, -0.05) is 42.5 Å². The summed E-state index contributed by atoms with van der Waals surface area (Å²) in [6.45, 7) is 0. The van der Waals surface area contributed by atoms with E-state index < -0.39 is 5.97 Å². The number of hydrogen-bond acceptors (Lipinski definition) is 5. The summed E-state index contributed by atoms with van der Waals surface area (Å²) in [6, 6.07) is 19.3. The Labute approximate surface area is 166 Å². The normalized spacial score (nSPS) is 11.0. The molecule has 0 aliphatic carbocycles. The van der Waals surface area contributed by atoms with Crippen molar-refractivity contribution in [3.05, 3.63) is 102 Å². The molecule has 0 N–H and O–H groups in total. The topological polar surface area (TPSA) is 88.2 Å². The molecule has 4 aromatic rings. The first-order valence-electron chi connectivity index (χ1n) is 8.84. The number of para-hydroxylation sites is 1. The summed E-state index contributed by atoms with van der Waals surface area (Å²) < 4.78 is 6.94. The van der Waals surface area contributed by atoms with Gasteiger partial charge < -0.3 is 14.3 Å². The van der Waals surface area contributed by atoms with Crippen LogP contribution in [0.4, 0.5) is 0 Å². The highest BCUT2D eigenvalue weighted by Crippen LogP contribution is 2.22. The molecule has 29 heavy (non-hydrogen) atoms. The average molecular weight is 383 g/mol. The van der Waals surface area contributed by atoms with Crippen molar-refractivity contribution in [2.24, 2.45) is 0 Å². The molecule has 6 nitrogen and oxygen atoms in total. The molecule has 0 unspecified atom stereocenters. The Balaban J connectivity index is 1.46. The van der Waals surface area contributed by atoms with Gasteiger partial charge in [-0.2, -0.15) is 5.10 Å². The fourth-order valence-electron chi connectivity index (χ4n) is 2.81. The SMILES string of the molecule is O=C(/C=C/c1cnn(-c2ccccc2)c1)c1ccc(-c2ccc(C(=O)[O-])o2)cc1. The van der Waals surface area contributed by atoms with Crippen molar-refractivity contribution in [3.63, 3.8) is 0 Å². The van der Waals surface area contributed by atoms with Crippen molar-refractivity contribution in [3.8, 4) is 17.0 Å². The maximum Gasteiger partial charge on any atom is 0.185 e. The summed E-state index contributed by atoms with van der Waals surface area (Å²) in [5, 5.41) is 15.1. The molecule has 0 aliphatic heterocycles. The van der Waals surface area contributed by atoms with Crippen molar-refractivity contribution in [1.82, 2.24) is 9.78 Å². The highest BCUT2D eigenvalue weighted by Gasteiger charge is 2.07. The van der Waals surface area contributed by atoms with Crippen molar-refractivity contribution in [2.45, 2.75) is 0 Å². The predicted octanol–water partition coefficient (Wildman–Crippen LogP) is 3.39. The Morgan fingerprint density at radius 3 is 2.41 bits per heavy atom. The molecule has 0 radical (unpaired) electrons. The molecule has 0 bridgehead atoms. The predicted molar refractivity (Wildman–Crippen MR) is 105 cm³/mol. The molecule has 0 saturated heterocycles. The van der Waals surface area contributed by atoms with Gasteiger partial charge in [-0.15, -0.1) is 0 Å². The van der Waals surface area contributed by atoms with Crippen LogP contribution in [0, 0.1) is 0 Å². The molecule has 4 rings (SSSR count). The Kier molecular flexibility index (Phi) is 4.90. The highest BCUT2D eigenvalue weighted by molar-refractivity contribution is 6.07. The zero-order valence-electron chi connectivity index (χ0n) is 15.2. The van der Waals surface area contributed by atoms with E-state index in [1.165, 1.54) is 12.1 Å². The Hall–Kier alpha value is -4.19. The van der Waals surface area contributed by atoms with Crippen LogP contribution in [0.3, 0.4) is 0 Å². The largest absolute Gasteiger partial charge is 0.542 e. The van der Waals surface area contributed by atoms with Crippen molar-refractivity contribution >= 4 is 17.8 Å². The summed E-state index contributed by atoms with van der Waals surface area (Å²) in [5.41, 5.74) is 2.92. The number of carbonyl (C=O) groups is 2. The van der Waals surface area contributed by atoms with Gasteiger partial charge in [0.25, 0.3) is 0 Å². The Morgan fingerprint density at radius 2 is 1.72 bits per heavy atom. The van der Waals surface area contributed by atoms with Gasteiger partial charge in [-0.05, 0) is 36.4 Å². The van der Waals surface area contributed by atoms with Gasteiger partial charge in [-0.25, -0.2) is 4.68 Å². The second kappa shape index (κ2) is 7.82. The van der Waals surface area contributed by atoms with E-state index in [1.807, 2.05) is 36.5 Å². The third-order valence-corrected chi connectivity index (χ3v) is 4.31. The molecule has 2 aromatic carbocycles. The number of carboxylic acids is 1. The van der Waals surface area contributed by atoms with Crippen LogP contribution < -0.4 is 5.11 Å². The zero-order chi connectivity index (χ0) is 20.2. The van der Waals surface area contributed by atoms with E-state index in [-0.39, 0.29) is 11.5 Å². The number of carbonyl (C=O) groups excluding carboxylic acids is 2. The molecule has 2 aromatic heterocycles. The Morgan fingerprint density at radius 1 is 0.966 bits per heavy atom. The van der Waals surface area contributed by atoms with E-state index in [9.17, 15) is 14.7 Å². The van der Waals surface area contributed by atoms with E-state index >= 15 is 0 Å². The van der Waals surface area contributed by atoms with Gasteiger partial charge in [0.15, 0.2) is 5.78 Å². The maximum absolute atomic E-state index is 12.4. The molecule has 0 aliphatic rings. The lowest BCUT2D eigenvalue weighted by Crippen LogP contribution is -2.21. The van der Waals surface area contributed by atoms with Gasteiger partial charge in [-0.3, -0.25) is 4.79 Å². The van der Waals surface area contributed by atoms with Gasteiger partial charge in [0.2, 0.25) is 0 Å². The summed E-state index contributed by atoms with van der Waals surface area (Å²) in [4.78, 5) is 23.2. The van der Waals surface area contributed by atoms with Crippen molar-refractivity contribution < 1.29 is 19.1 Å². The van der Waals surface area contributed by atoms with Crippen LogP contribution in [0.5, 0.6) is 0 Å². The minimum Gasteiger partial charge on any atom is -0.542 e. The average Bonchev–Trinajstić information content (AvgIpc) is 3.43. The molecule has 6 heteroatoms. The molecule has 0 amide bonds. The highest BCUT2D eigenvalue weighted by atomic mass is 16.4. The van der Waals surface area contributed by atoms with E-state index in [2.05, 4.69) is 5.10 Å². The summed E-state index contributed by atoms with van der Waals surface area (Å²) in [6.07, 6.45) is 6.73. The van der Waals surface area contributed by atoms with Gasteiger partial charge in [0, 0.05) is 22.9 Å². The number of allylic oxidation sites excluding steroid dienone is 1. The van der Waals surface area contributed by atoms with Gasteiger partial charge in [0.05, 0.1) is 11.9 Å². The zero-order valence-corrected chi connectivity index (χ0v) is 15.2. The molecule has 2 heterocycles. The lowest BCUT2D eigenvalue weighted by Gasteiger charge is -2.00. The van der Waals surface area contributed by atoms with Crippen LogP contribution in [0.25, 0.3) is 23.1 Å². The summed E-state index contributed by atoms with van der Waals surface area (Å²) in [7, 11) is 0. The second-order valence-electron chi connectivity index (χ2n) is 6.28. The van der Waals surface area contributed by atoms with E-state index in [0.29, 0.717) is 16.9 Å². The van der Waals surface area contributed by atoms with E-state index in [1.54, 1.807) is 47.3 Å². The number of nitrogens with zero attached hydrogens (tertiary/aromatic N) is 2. The summed E-state index contributed by atoms with van der Waals surface area (Å²) in [5.74, 6) is -1.37. The lowest BCUT2D eigenvalue weighted by atomic mass is 10.1. The minimum absolute atomic E-state index is 0.154. The minimum atomic E-state index is -1.37. The van der Waals surface area contributed by atoms with Gasteiger partial charge in [0.1, 0.15) is 17.5 Å². The number of furan rings is 1. The first-order chi connectivity index (χ1) is 14.1. The van der Waals surface area contributed by atoms with Crippen LogP contribution in [-0.4, -0.2) is 21.5 Å². The van der Waals surface area contributed by atoms with Gasteiger partial charge >= 0.3 is 0 Å². The quantitative estimate of drug-likeness (QED) is 0.376. The van der Waals surface area contributed by atoms with Crippen LogP contribution in [0.2, 0.25) is 0 Å². The lowest BCUT2D eigenvalue weighted by molar-refractivity contribution is -0.257.